The summed E-state index contributed by atoms with van der Waals surface area (Å²) in [4.78, 5) is 17.3. The molecule has 0 aliphatic carbocycles. The topological polar surface area (TPSA) is 73.0 Å². The van der Waals surface area contributed by atoms with Crippen LogP contribution in [0.2, 0.25) is 0 Å². The van der Waals surface area contributed by atoms with Crippen LogP contribution in [0.1, 0.15) is 41.6 Å². The summed E-state index contributed by atoms with van der Waals surface area (Å²) in [6, 6.07) is 10.1. The predicted molar refractivity (Wildman–Crippen MR) is 102 cm³/mol. The third-order valence-electron chi connectivity index (χ3n) is 4.56. The second-order valence-corrected chi connectivity index (χ2v) is 6.77. The number of anilines is 1. The molecule has 0 unspecified atom stereocenters. The highest BCUT2D eigenvalue weighted by atomic mass is 16.5. The maximum Gasteiger partial charge on any atom is 0.258 e. The fourth-order valence-corrected chi connectivity index (χ4v) is 3.33. The van der Waals surface area contributed by atoms with Crippen LogP contribution in [0.25, 0.3) is 22.0 Å². The van der Waals surface area contributed by atoms with E-state index in [2.05, 4.69) is 39.9 Å². The molecule has 0 radical (unpaired) electrons. The van der Waals surface area contributed by atoms with Gasteiger partial charge in [-0.05, 0) is 52.0 Å². The fraction of sp³-hybridized carbons (Fsp3) is 0.250. The van der Waals surface area contributed by atoms with Crippen molar-refractivity contribution in [2.45, 2.75) is 33.7 Å². The number of hydrogen-bond acceptors (Lipinski definition) is 4. The van der Waals surface area contributed by atoms with Gasteiger partial charge in [0.25, 0.3) is 11.6 Å². The normalized spacial score (nSPS) is 11.6. The molecule has 1 amide bonds. The number of hydrogen-bond donors (Lipinski definition) is 1. The van der Waals surface area contributed by atoms with Crippen LogP contribution in [-0.4, -0.2) is 20.6 Å². The van der Waals surface area contributed by atoms with Crippen molar-refractivity contribution in [1.82, 2.24) is 14.7 Å². The fourth-order valence-electron chi connectivity index (χ4n) is 3.33. The number of amides is 1. The van der Waals surface area contributed by atoms with E-state index in [0.29, 0.717) is 34.1 Å². The van der Waals surface area contributed by atoms with Crippen molar-refractivity contribution in [1.29, 1.82) is 0 Å². The van der Waals surface area contributed by atoms with Crippen LogP contribution in [-0.2, 0) is 0 Å². The lowest BCUT2D eigenvalue weighted by Gasteiger charge is -2.11. The Bertz CT molecular complexity index is 1140. The summed E-state index contributed by atoms with van der Waals surface area (Å²) >= 11 is 0. The Morgan fingerprint density at radius 3 is 2.81 bits per heavy atom. The second-order valence-electron chi connectivity index (χ2n) is 6.77. The van der Waals surface area contributed by atoms with Gasteiger partial charge in [-0.3, -0.25) is 4.79 Å². The van der Waals surface area contributed by atoms with Crippen LogP contribution in [0.15, 0.2) is 41.1 Å². The molecule has 0 atom stereocenters. The van der Waals surface area contributed by atoms with Gasteiger partial charge in [0.15, 0.2) is 0 Å². The molecule has 6 nitrogen and oxygen atoms in total. The minimum Gasteiger partial charge on any atom is -0.345 e. The van der Waals surface area contributed by atoms with Crippen molar-refractivity contribution in [3.8, 4) is 0 Å². The van der Waals surface area contributed by atoms with E-state index in [0.717, 1.165) is 16.6 Å². The van der Waals surface area contributed by atoms with Crippen molar-refractivity contribution in [3.63, 3.8) is 0 Å². The molecule has 132 valence electrons. The van der Waals surface area contributed by atoms with E-state index >= 15 is 0 Å². The standard InChI is InChI=1S/C20H20N4O2/c1-11(2)24-9-8-14-16(6-5-7-17(14)24)22-19(25)15-10-12(3)21-20-18(15)13(4)23-26-20/h5-11H,1-4H3,(H,22,25). The first kappa shape index (κ1) is 16.3. The van der Waals surface area contributed by atoms with Gasteiger partial charge in [-0.25, -0.2) is 4.98 Å². The van der Waals surface area contributed by atoms with Gasteiger partial charge in [-0.15, -0.1) is 0 Å². The van der Waals surface area contributed by atoms with E-state index in [1.54, 1.807) is 6.07 Å². The van der Waals surface area contributed by atoms with Crippen molar-refractivity contribution in [2.24, 2.45) is 0 Å². The lowest BCUT2D eigenvalue weighted by molar-refractivity contribution is 0.102. The molecule has 3 heterocycles. The number of benzene rings is 1. The van der Waals surface area contributed by atoms with E-state index in [1.807, 2.05) is 38.2 Å². The quantitative estimate of drug-likeness (QED) is 0.586. The Morgan fingerprint density at radius 2 is 2.04 bits per heavy atom. The summed E-state index contributed by atoms with van der Waals surface area (Å²) in [5.41, 5.74) is 4.15. The molecule has 0 fully saturated rings. The molecule has 0 saturated heterocycles. The largest absolute Gasteiger partial charge is 0.345 e. The minimum absolute atomic E-state index is 0.198. The molecule has 1 aromatic carbocycles. The molecule has 0 bridgehead atoms. The maximum absolute atomic E-state index is 13.0. The van der Waals surface area contributed by atoms with Gasteiger partial charge < -0.3 is 14.4 Å². The van der Waals surface area contributed by atoms with Crippen molar-refractivity contribution >= 4 is 33.6 Å². The van der Waals surface area contributed by atoms with E-state index in [9.17, 15) is 4.79 Å². The van der Waals surface area contributed by atoms with Gasteiger partial charge >= 0.3 is 0 Å². The molecule has 0 saturated carbocycles. The molecule has 4 rings (SSSR count). The lowest BCUT2D eigenvalue weighted by Crippen LogP contribution is -2.13. The number of nitrogens with zero attached hydrogens (tertiary/aromatic N) is 3. The van der Waals surface area contributed by atoms with E-state index in [-0.39, 0.29) is 5.91 Å². The Labute approximate surface area is 150 Å². The van der Waals surface area contributed by atoms with Crippen molar-refractivity contribution in [2.75, 3.05) is 5.32 Å². The molecular weight excluding hydrogens is 328 g/mol. The molecule has 0 spiro atoms. The first-order valence-corrected chi connectivity index (χ1v) is 8.60. The average molecular weight is 348 g/mol. The van der Waals surface area contributed by atoms with Gasteiger partial charge in [0.05, 0.1) is 27.8 Å². The Balaban J connectivity index is 1.78. The van der Waals surface area contributed by atoms with E-state index < -0.39 is 0 Å². The number of carbonyl (C=O) groups is 1. The lowest BCUT2D eigenvalue weighted by atomic mass is 10.1. The zero-order valence-electron chi connectivity index (χ0n) is 15.2. The Hall–Kier alpha value is -3.15. The molecule has 1 N–H and O–H groups in total. The highest BCUT2D eigenvalue weighted by molar-refractivity contribution is 6.14. The monoisotopic (exact) mass is 348 g/mol. The third-order valence-corrected chi connectivity index (χ3v) is 4.56. The van der Waals surface area contributed by atoms with Crippen LogP contribution in [0.4, 0.5) is 5.69 Å². The summed E-state index contributed by atoms with van der Waals surface area (Å²) < 4.78 is 7.41. The molecule has 26 heavy (non-hydrogen) atoms. The highest BCUT2D eigenvalue weighted by Gasteiger charge is 2.19. The number of carbonyl (C=O) groups excluding carboxylic acids is 1. The maximum atomic E-state index is 13.0. The van der Waals surface area contributed by atoms with Crippen LogP contribution < -0.4 is 5.32 Å². The molecular formula is C20H20N4O2. The summed E-state index contributed by atoms with van der Waals surface area (Å²) in [6.45, 7) is 7.91. The average Bonchev–Trinajstić information content (AvgIpc) is 3.19. The molecule has 0 aliphatic rings. The minimum atomic E-state index is -0.198. The first-order valence-electron chi connectivity index (χ1n) is 8.60. The molecule has 6 heteroatoms. The van der Waals surface area contributed by atoms with Gasteiger partial charge in [0, 0.05) is 23.3 Å². The number of fused-ring (bicyclic) bond motifs is 2. The van der Waals surface area contributed by atoms with Gasteiger partial charge in [-0.2, -0.15) is 0 Å². The predicted octanol–water partition coefficient (Wildman–Crippen LogP) is 4.63. The zero-order valence-corrected chi connectivity index (χ0v) is 15.2. The Morgan fingerprint density at radius 1 is 1.23 bits per heavy atom. The smallest absolute Gasteiger partial charge is 0.258 e. The highest BCUT2D eigenvalue weighted by Crippen LogP contribution is 2.28. The number of pyridine rings is 1. The van der Waals surface area contributed by atoms with Crippen LogP contribution >= 0.6 is 0 Å². The summed E-state index contributed by atoms with van der Waals surface area (Å²) in [6.07, 6.45) is 2.05. The van der Waals surface area contributed by atoms with E-state index in [1.165, 1.54) is 0 Å². The van der Waals surface area contributed by atoms with Crippen LogP contribution in [0.3, 0.4) is 0 Å². The van der Waals surface area contributed by atoms with Crippen LogP contribution in [0, 0.1) is 13.8 Å². The first-order chi connectivity index (χ1) is 12.5. The Kier molecular flexibility index (Phi) is 3.76. The zero-order chi connectivity index (χ0) is 18.4. The summed E-state index contributed by atoms with van der Waals surface area (Å²) in [5.74, 6) is -0.198. The van der Waals surface area contributed by atoms with Gasteiger partial charge in [-0.1, -0.05) is 11.2 Å². The number of aromatic nitrogens is 3. The SMILES string of the molecule is Cc1cc(C(=O)Nc2cccc3c2ccn3C(C)C)c2c(C)noc2n1. The third kappa shape index (κ3) is 2.54. The van der Waals surface area contributed by atoms with Crippen molar-refractivity contribution in [3.05, 3.63) is 53.5 Å². The van der Waals surface area contributed by atoms with Gasteiger partial charge in [0.2, 0.25) is 0 Å². The van der Waals surface area contributed by atoms with Crippen molar-refractivity contribution < 1.29 is 9.32 Å². The van der Waals surface area contributed by atoms with Gasteiger partial charge in [0.1, 0.15) is 0 Å². The summed E-state index contributed by atoms with van der Waals surface area (Å²) in [5, 5.41) is 8.64. The van der Waals surface area contributed by atoms with E-state index in [4.69, 9.17) is 4.52 Å². The molecule has 0 aliphatic heterocycles. The number of nitrogens with one attached hydrogen (secondary N) is 1. The second kappa shape index (κ2) is 5.98. The molecule has 3 aromatic heterocycles. The molecule has 4 aromatic rings. The van der Waals surface area contributed by atoms with Crippen LogP contribution in [0.5, 0.6) is 0 Å². The number of aryl methyl sites for hydroxylation is 2. The number of rotatable bonds is 3. The summed E-state index contributed by atoms with van der Waals surface area (Å²) in [7, 11) is 0.